The van der Waals surface area contributed by atoms with E-state index in [9.17, 15) is 4.79 Å². The zero-order valence-corrected chi connectivity index (χ0v) is 14.5. The molecule has 1 fully saturated rings. The van der Waals surface area contributed by atoms with Crippen LogP contribution in [0.2, 0.25) is 0 Å². The van der Waals surface area contributed by atoms with Crippen LogP contribution in [0, 0.1) is 0 Å². The smallest absolute Gasteiger partial charge is 0.255 e. The number of carbonyl (C=O) groups excluding carboxylic acids is 1. The number of aromatic nitrogens is 2. The van der Waals surface area contributed by atoms with Crippen molar-refractivity contribution in [3.8, 4) is 5.75 Å². The summed E-state index contributed by atoms with van der Waals surface area (Å²) in [6, 6.07) is 8.09. The number of nitrogens with zero attached hydrogens (tertiary/aromatic N) is 2. The number of anilines is 1. The largest absolute Gasteiger partial charge is 0.493 e. The van der Waals surface area contributed by atoms with E-state index in [-0.39, 0.29) is 12.0 Å². The van der Waals surface area contributed by atoms with Gasteiger partial charge in [-0.3, -0.25) is 10.1 Å². The maximum atomic E-state index is 12.0. The van der Waals surface area contributed by atoms with Gasteiger partial charge in [-0.1, -0.05) is 30.4 Å². The Kier molecular flexibility index (Phi) is 5.77. The molecule has 3 rings (SSSR count). The second-order valence-electron chi connectivity index (χ2n) is 5.59. The Morgan fingerprint density at radius 3 is 2.92 bits per heavy atom. The molecule has 1 N–H and O–H groups in total. The lowest BCUT2D eigenvalue weighted by Crippen LogP contribution is -2.26. The van der Waals surface area contributed by atoms with Crippen LogP contribution in [-0.2, 0) is 22.4 Å². The normalized spacial score (nSPS) is 17.0. The average molecular weight is 347 g/mol. The van der Waals surface area contributed by atoms with Crippen LogP contribution in [-0.4, -0.2) is 35.4 Å². The molecule has 1 aliphatic heterocycles. The lowest BCUT2D eigenvalue weighted by molar-refractivity contribution is -0.124. The van der Waals surface area contributed by atoms with Crippen molar-refractivity contribution in [3.05, 3.63) is 34.8 Å². The molecule has 128 valence electrons. The van der Waals surface area contributed by atoms with Gasteiger partial charge in [0.25, 0.3) is 5.91 Å². The van der Waals surface area contributed by atoms with Gasteiger partial charge >= 0.3 is 0 Å². The summed E-state index contributed by atoms with van der Waals surface area (Å²) >= 11 is 1.37. The fourth-order valence-electron chi connectivity index (χ4n) is 2.45. The molecule has 1 unspecified atom stereocenters. The highest BCUT2D eigenvalue weighted by atomic mass is 32.1. The highest BCUT2D eigenvalue weighted by molar-refractivity contribution is 7.15. The third-order valence-electron chi connectivity index (χ3n) is 3.84. The van der Waals surface area contributed by atoms with Crippen molar-refractivity contribution in [2.75, 3.05) is 18.5 Å². The monoisotopic (exact) mass is 347 g/mol. The van der Waals surface area contributed by atoms with Gasteiger partial charge < -0.3 is 9.47 Å². The highest BCUT2D eigenvalue weighted by Crippen LogP contribution is 2.19. The van der Waals surface area contributed by atoms with E-state index in [1.165, 1.54) is 16.9 Å². The maximum absolute atomic E-state index is 12.0. The summed E-state index contributed by atoms with van der Waals surface area (Å²) in [5.74, 6) is 0.714. The van der Waals surface area contributed by atoms with Crippen LogP contribution in [0.25, 0.3) is 0 Å². The van der Waals surface area contributed by atoms with Crippen LogP contribution in [0.4, 0.5) is 5.13 Å². The molecule has 1 saturated heterocycles. The highest BCUT2D eigenvalue weighted by Gasteiger charge is 2.24. The summed E-state index contributed by atoms with van der Waals surface area (Å²) in [5.41, 5.74) is 1.29. The van der Waals surface area contributed by atoms with Crippen LogP contribution in [0.15, 0.2) is 24.3 Å². The van der Waals surface area contributed by atoms with Gasteiger partial charge in [0.15, 0.2) is 0 Å². The minimum absolute atomic E-state index is 0.137. The molecule has 7 heteroatoms. The van der Waals surface area contributed by atoms with Crippen molar-refractivity contribution < 1.29 is 14.3 Å². The quantitative estimate of drug-likeness (QED) is 0.834. The molecule has 1 amide bonds. The number of hydrogen-bond donors (Lipinski definition) is 1. The molecule has 0 bridgehead atoms. The maximum Gasteiger partial charge on any atom is 0.255 e. The molecule has 1 aliphatic rings. The van der Waals surface area contributed by atoms with E-state index in [0.717, 1.165) is 30.0 Å². The van der Waals surface area contributed by atoms with Crippen LogP contribution < -0.4 is 10.1 Å². The first-order valence-electron chi connectivity index (χ1n) is 8.21. The average Bonchev–Trinajstić information content (AvgIpc) is 3.27. The minimum atomic E-state index is -0.355. The van der Waals surface area contributed by atoms with E-state index >= 15 is 0 Å². The lowest BCUT2D eigenvalue weighted by atomic mass is 10.2. The van der Waals surface area contributed by atoms with Gasteiger partial charge in [-0.2, -0.15) is 0 Å². The van der Waals surface area contributed by atoms with Crippen LogP contribution >= 0.6 is 11.3 Å². The van der Waals surface area contributed by atoms with E-state index in [4.69, 9.17) is 9.47 Å². The van der Waals surface area contributed by atoms with Gasteiger partial charge in [0.1, 0.15) is 16.9 Å². The Morgan fingerprint density at radius 1 is 1.38 bits per heavy atom. The van der Waals surface area contributed by atoms with Crippen LogP contribution in [0.5, 0.6) is 5.75 Å². The summed E-state index contributed by atoms with van der Waals surface area (Å²) in [6.45, 7) is 3.30. The molecule has 2 aromatic rings. The molecule has 0 aliphatic carbocycles. The number of ether oxygens (including phenoxy) is 2. The SMILES string of the molecule is CCc1ccc(OCCc2nnc(NC(=O)C3CCCO3)s2)cc1. The number of benzene rings is 1. The topological polar surface area (TPSA) is 73.3 Å². The van der Waals surface area contributed by atoms with Gasteiger partial charge in [0, 0.05) is 13.0 Å². The number of aryl methyl sites for hydroxylation is 1. The van der Waals surface area contributed by atoms with Gasteiger partial charge in [-0.15, -0.1) is 10.2 Å². The van der Waals surface area contributed by atoms with Gasteiger partial charge in [-0.05, 0) is 37.0 Å². The van der Waals surface area contributed by atoms with E-state index < -0.39 is 0 Å². The van der Waals surface area contributed by atoms with E-state index in [1.54, 1.807) is 0 Å². The number of nitrogens with one attached hydrogen (secondary N) is 1. The van der Waals surface area contributed by atoms with Crippen molar-refractivity contribution in [2.24, 2.45) is 0 Å². The zero-order valence-electron chi connectivity index (χ0n) is 13.7. The fraction of sp³-hybridized carbons (Fsp3) is 0.471. The number of rotatable bonds is 7. The Labute approximate surface area is 145 Å². The Balaban J connectivity index is 1.44. The fourth-order valence-corrected chi connectivity index (χ4v) is 3.18. The van der Waals surface area contributed by atoms with Gasteiger partial charge in [0.05, 0.1) is 6.61 Å². The van der Waals surface area contributed by atoms with Crippen LogP contribution in [0.3, 0.4) is 0 Å². The molecule has 1 aromatic heterocycles. The number of carbonyl (C=O) groups is 1. The zero-order chi connectivity index (χ0) is 16.8. The summed E-state index contributed by atoms with van der Waals surface area (Å²) in [7, 11) is 0. The van der Waals surface area contributed by atoms with Crippen molar-refractivity contribution in [1.29, 1.82) is 0 Å². The first-order valence-corrected chi connectivity index (χ1v) is 9.03. The molecule has 1 aromatic carbocycles. The third kappa shape index (κ3) is 4.52. The third-order valence-corrected chi connectivity index (χ3v) is 4.73. The molecular formula is C17H21N3O3S. The molecule has 0 spiro atoms. The molecule has 0 radical (unpaired) electrons. The number of hydrogen-bond acceptors (Lipinski definition) is 6. The summed E-state index contributed by atoms with van der Waals surface area (Å²) in [5, 5.41) is 12.2. The summed E-state index contributed by atoms with van der Waals surface area (Å²) in [6.07, 6.45) is 3.01. The second kappa shape index (κ2) is 8.21. The molecule has 24 heavy (non-hydrogen) atoms. The molecule has 2 heterocycles. The second-order valence-corrected chi connectivity index (χ2v) is 6.65. The first kappa shape index (κ1) is 16.9. The van der Waals surface area contributed by atoms with E-state index in [2.05, 4.69) is 34.6 Å². The Hall–Kier alpha value is -1.99. The lowest BCUT2D eigenvalue weighted by Gasteiger charge is -2.07. The van der Waals surface area contributed by atoms with Crippen molar-refractivity contribution >= 4 is 22.4 Å². The van der Waals surface area contributed by atoms with Gasteiger partial charge in [0.2, 0.25) is 5.13 Å². The van der Waals surface area contributed by atoms with E-state index in [0.29, 0.717) is 24.8 Å². The predicted molar refractivity (Wildman–Crippen MR) is 92.5 cm³/mol. The van der Waals surface area contributed by atoms with Crippen molar-refractivity contribution in [1.82, 2.24) is 10.2 Å². The molecule has 0 saturated carbocycles. The Morgan fingerprint density at radius 2 is 2.21 bits per heavy atom. The molecule has 1 atom stereocenters. The molecule has 6 nitrogen and oxygen atoms in total. The van der Waals surface area contributed by atoms with Crippen LogP contribution in [0.1, 0.15) is 30.3 Å². The minimum Gasteiger partial charge on any atom is -0.493 e. The summed E-state index contributed by atoms with van der Waals surface area (Å²) < 4.78 is 11.1. The van der Waals surface area contributed by atoms with Gasteiger partial charge in [-0.25, -0.2) is 0 Å². The van der Waals surface area contributed by atoms with Crippen molar-refractivity contribution in [2.45, 2.75) is 38.7 Å². The number of amides is 1. The Bertz CT molecular complexity index is 666. The predicted octanol–water partition coefficient (Wildman–Crippen LogP) is 2.84. The molecular weight excluding hydrogens is 326 g/mol. The van der Waals surface area contributed by atoms with Crippen molar-refractivity contribution in [3.63, 3.8) is 0 Å². The first-order chi connectivity index (χ1) is 11.7. The van der Waals surface area contributed by atoms with E-state index in [1.807, 2.05) is 12.1 Å². The summed E-state index contributed by atoms with van der Waals surface area (Å²) in [4.78, 5) is 12.0. The standard InChI is InChI=1S/C17H21N3O3S/c1-2-12-5-7-13(8-6-12)22-11-9-15-19-20-17(24-15)18-16(21)14-4-3-10-23-14/h5-8,14H,2-4,9-11H2,1H3,(H,18,20,21).